The zero-order valence-corrected chi connectivity index (χ0v) is 12.1. The van der Waals surface area contributed by atoms with Crippen molar-refractivity contribution in [2.45, 2.75) is 24.5 Å². The molecular weight excluding hydrogens is 293 g/mol. The summed E-state index contributed by atoms with van der Waals surface area (Å²) in [6, 6.07) is 5.57. The summed E-state index contributed by atoms with van der Waals surface area (Å²) in [7, 11) is -0.840. The minimum atomic E-state index is -1.09. The highest BCUT2D eigenvalue weighted by Crippen LogP contribution is 2.38. The Morgan fingerprint density at radius 2 is 2.62 bits per heavy atom. The number of nitriles is 1. The lowest BCUT2D eigenvalue weighted by Crippen LogP contribution is -2.26. The summed E-state index contributed by atoms with van der Waals surface area (Å²) in [4.78, 5) is 6.67. The zero-order valence-electron chi connectivity index (χ0n) is 11.1. The van der Waals surface area contributed by atoms with Crippen LogP contribution in [0.25, 0.3) is 0 Å². The van der Waals surface area contributed by atoms with Gasteiger partial charge in [0.15, 0.2) is 5.60 Å². The fourth-order valence-electron chi connectivity index (χ4n) is 2.27. The second-order valence-corrected chi connectivity index (χ2v) is 5.00. The molecule has 9 heteroatoms. The molecule has 1 aromatic heterocycles. The van der Waals surface area contributed by atoms with E-state index in [-0.39, 0.29) is 18.5 Å². The summed E-state index contributed by atoms with van der Waals surface area (Å²) in [5, 5.41) is 16.4. The molecular formula is C12H15N5O3P+. The Morgan fingerprint density at radius 3 is 3.29 bits per heavy atom. The molecule has 1 aromatic rings. The Balaban J connectivity index is 2.19. The third kappa shape index (κ3) is 3.16. The second kappa shape index (κ2) is 6.59. The van der Waals surface area contributed by atoms with Crippen LogP contribution < -0.4 is 5.73 Å². The van der Waals surface area contributed by atoms with E-state index in [0.717, 1.165) is 6.34 Å². The molecule has 2 unspecified atom stereocenters. The first kappa shape index (κ1) is 15.3. The van der Waals surface area contributed by atoms with Gasteiger partial charge in [-0.2, -0.15) is 5.26 Å². The lowest BCUT2D eigenvalue weighted by molar-refractivity contribution is -0.0250. The van der Waals surface area contributed by atoms with Crippen molar-refractivity contribution in [1.29, 1.82) is 10.7 Å². The number of nitrogens with zero attached hydrogens (tertiary/aromatic N) is 2. The van der Waals surface area contributed by atoms with E-state index in [4.69, 9.17) is 20.4 Å². The van der Waals surface area contributed by atoms with Gasteiger partial charge in [0.25, 0.3) is 0 Å². The summed E-state index contributed by atoms with van der Waals surface area (Å²) in [5.74, 6) is 0.162. The van der Waals surface area contributed by atoms with Gasteiger partial charge in [0, 0.05) is 0 Å². The van der Waals surface area contributed by atoms with Gasteiger partial charge in [-0.15, -0.1) is 4.52 Å². The van der Waals surface area contributed by atoms with E-state index in [9.17, 15) is 9.83 Å². The molecule has 1 saturated heterocycles. The number of hydrogen-bond donors (Lipinski definition) is 3. The third-order valence-electron chi connectivity index (χ3n) is 3.30. The molecule has 110 valence electrons. The minimum absolute atomic E-state index is 0.162. The quantitative estimate of drug-likeness (QED) is 0.411. The SMILES string of the molecule is N#C[C@]1(c2ccc(C(N)=NC=N)[nH]2)CCC(CO[PH+]=O)O1. The maximum atomic E-state index is 10.4. The summed E-state index contributed by atoms with van der Waals surface area (Å²) >= 11 is 0. The van der Waals surface area contributed by atoms with E-state index < -0.39 is 14.3 Å². The molecule has 4 N–H and O–H groups in total. The van der Waals surface area contributed by atoms with Crippen LogP contribution in [0.2, 0.25) is 0 Å². The summed E-state index contributed by atoms with van der Waals surface area (Å²) < 4.78 is 21.0. The highest BCUT2D eigenvalue weighted by atomic mass is 31.1. The van der Waals surface area contributed by atoms with E-state index in [1.807, 2.05) is 0 Å². The number of aromatic nitrogens is 1. The highest BCUT2D eigenvalue weighted by Gasteiger charge is 2.43. The topological polar surface area (TPSA) is 137 Å². The average Bonchev–Trinajstić information content (AvgIpc) is 3.13. The summed E-state index contributed by atoms with van der Waals surface area (Å²) in [6.45, 7) is 0.191. The molecule has 0 aromatic carbocycles. The molecule has 2 heterocycles. The molecule has 0 saturated carbocycles. The van der Waals surface area contributed by atoms with Crippen LogP contribution in [-0.2, 0) is 19.4 Å². The Kier molecular flexibility index (Phi) is 4.81. The molecule has 0 amide bonds. The molecule has 1 aliphatic rings. The van der Waals surface area contributed by atoms with Crippen LogP contribution in [0.15, 0.2) is 17.1 Å². The van der Waals surface area contributed by atoms with Crippen molar-refractivity contribution in [2.75, 3.05) is 6.61 Å². The predicted molar refractivity (Wildman–Crippen MR) is 76.7 cm³/mol. The first-order valence-electron chi connectivity index (χ1n) is 6.25. The number of hydrogen-bond acceptors (Lipinski definition) is 5. The van der Waals surface area contributed by atoms with E-state index in [1.54, 1.807) is 12.1 Å². The second-order valence-electron chi connectivity index (χ2n) is 4.54. The first-order valence-corrected chi connectivity index (χ1v) is 7.07. The largest absolute Gasteiger partial charge is 0.494 e. The standard InChI is InChI=1S/C12H15N5O3P/c13-6-12(4-3-8(20-12)5-19-21-18)10-2-1-9(17-10)11(15)16-7-14/h1-2,7-8,17,21H,3-5H2,(H3,14,15,16)/q+1/t8?,12-/m0/s1. The van der Waals surface area contributed by atoms with Gasteiger partial charge in [-0.25, -0.2) is 4.99 Å². The Hall–Kier alpha value is -2.07. The molecule has 2 rings (SSSR count). The van der Waals surface area contributed by atoms with Crippen molar-refractivity contribution in [3.63, 3.8) is 0 Å². The van der Waals surface area contributed by atoms with Gasteiger partial charge >= 0.3 is 8.69 Å². The number of nitrogens with one attached hydrogen (secondary N) is 2. The normalized spacial score (nSPS) is 25.9. The molecule has 0 bridgehead atoms. The van der Waals surface area contributed by atoms with Gasteiger partial charge in [-0.3, -0.25) is 5.41 Å². The van der Waals surface area contributed by atoms with Gasteiger partial charge in [-0.1, -0.05) is 0 Å². The van der Waals surface area contributed by atoms with Crippen LogP contribution >= 0.6 is 8.69 Å². The van der Waals surface area contributed by atoms with Crippen LogP contribution in [0.4, 0.5) is 0 Å². The average molecular weight is 308 g/mol. The van der Waals surface area contributed by atoms with Gasteiger partial charge < -0.3 is 15.5 Å². The molecule has 0 aliphatic carbocycles. The molecule has 0 spiro atoms. The lowest BCUT2D eigenvalue weighted by atomic mass is 9.98. The fraction of sp³-hybridized carbons (Fsp3) is 0.417. The number of aliphatic imine (C=N–C) groups is 1. The maximum Gasteiger partial charge on any atom is 0.494 e. The zero-order chi connectivity index (χ0) is 15.3. The first-order chi connectivity index (χ1) is 10.1. The van der Waals surface area contributed by atoms with Crippen LogP contribution in [0, 0.1) is 16.7 Å². The van der Waals surface area contributed by atoms with Gasteiger partial charge in [0.2, 0.25) is 0 Å². The molecule has 8 nitrogen and oxygen atoms in total. The van der Waals surface area contributed by atoms with Crippen LogP contribution in [0.5, 0.6) is 0 Å². The number of amidine groups is 1. The Bertz CT molecular complexity index is 608. The smallest absolute Gasteiger partial charge is 0.382 e. The minimum Gasteiger partial charge on any atom is -0.382 e. The van der Waals surface area contributed by atoms with Crippen LogP contribution in [0.1, 0.15) is 24.2 Å². The number of aromatic amines is 1. The number of ether oxygens (including phenoxy) is 1. The third-order valence-corrected chi connectivity index (χ3v) is 3.58. The number of H-pyrrole nitrogens is 1. The van der Waals surface area contributed by atoms with Crippen molar-refractivity contribution >= 4 is 20.9 Å². The fourth-order valence-corrected chi connectivity index (χ4v) is 2.52. The van der Waals surface area contributed by atoms with Crippen molar-refractivity contribution in [3.8, 4) is 6.07 Å². The predicted octanol–water partition coefficient (Wildman–Crippen LogP) is 1.18. The lowest BCUT2D eigenvalue weighted by Gasteiger charge is -2.20. The number of nitrogens with two attached hydrogens (primary N) is 1. The molecule has 1 aliphatic heterocycles. The van der Waals surface area contributed by atoms with Crippen LogP contribution in [0.3, 0.4) is 0 Å². The Morgan fingerprint density at radius 1 is 1.81 bits per heavy atom. The van der Waals surface area contributed by atoms with Crippen LogP contribution in [-0.4, -0.2) is 29.9 Å². The van der Waals surface area contributed by atoms with E-state index in [0.29, 0.717) is 24.2 Å². The van der Waals surface area contributed by atoms with Crippen molar-refractivity contribution in [1.82, 2.24) is 4.98 Å². The summed E-state index contributed by atoms with van der Waals surface area (Å²) in [5.41, 5.74) is 5.69. The highest BCUT2D eigenvalue weighted by molar-refractivity contribution is 7.17. The van der Waals surface area contributed by atoms with E-state index in [2.05, 4.69) is 16.0 Å². The number of rotatable bonds is 6. The molecule has 21 heavy (non-hydrogen) atoms. The van der Waals surface area contributed by atoms with Crippen molar-refractivity contribution in [3.05, 3.63) is 23.5 Å². The van der Waals surface area contributed by atoms with Crippen molar-refractivity contribution < 1.29 is 13.8 Å². The summed E-state index contributed by atoms with van der Waals surface area (Å²) in [6.07, 6.45) is 1.71. The van der Waals surface area contributed by atoms with E-state index >= 15 is 0 Å². The Labute approximate surface area is 122 Å². The maximum absolute atomic E-state index is 10.4. The van der Waals surface area contributed by atoms with E-state index in [1.165, 1.54) is 0 Å². The van der Waals surface area contributed by atoms with Gasteiger partial charge in [-0.05, 0) is 29.5 Å². The molecule has 1 fully saturated rings. The molecule has 0 radical (unpaired) electrons. The van der Waals surface area contributed by atoms with Gasteiger partial charge in [0.05, 0.1) is 17.5 Å². The molecule has 3 atom stereocenters. The van der Waals surface area contributed by atoms with Gasteiger partial charge in [0.1, 0.15) is 24.9 Å². The monoisotopic (exact) mass is 308 g/mol. The van der Waals surface area contributed by atoms with Crippen molar-refractivity contribution in [2.24, 2.45) is 10.7 Å².